The van der Waals surface area contributed by atoms with Crippen LogP contribution in [0.25, 0.3) is 0 Å². The van der Waals surface area contributed by atoms with Gasteiger partial charge in [-0.1, -0.05) is 29.8 Å². The number of amides is 2. The first-order chi connectivity index (χ1) is 14.5. The maximum Gasteiger partial charge on any atom is 0.255 e. The monoisotopic (exact) mass is 433 g/mol. The number of carbonyl (C=O) groups excluding carboxylic acids is 2. The molecule has 30 heavy (non-hydrogen) atoms. The minimum absolute atomic E-state index is 0.0729. The van der Waals surface area contributed by atoms with Gasteiger partial charge in [-0.25, -0.2) is 0 Å². The summed E-state index contributed by atoms with van der Waals surface area (Å²) in [4.78, 5) is 27.0. The van der Waals surface area contributed by atoms with Crippen molar-refractivity contribution in [1.82, 2.24) is 25.3 Å². The summed E-state index contributed by atoms with van der Waals surface area (Å²) in [5, 5.41) is 10.7. The molecule has 1 saturated heterocycles. The molecule has 2 amide bonds. The van der Waals surface area contributed by atoms with Crippen LogP contribution in [0.1, 0.15) is 27.3 Å². The second kappa shape index (κ2) is 10.6. The fraction of sp³-hybridized carbons (Fsp3) is 0.476. The van der Waals surface area contributed by atoms with Gasteiger partial charge in [0.05, 0.1) is 37.6 Å². The fourth-order valence-corrected chi connectivity index (χ4v) is 3.65. The van der Waals surface area contributed by atoms with E-state index in [0.29, 0.717) is 29.4 Å². The van der Waals surface area contributed by atoms with Gasteiger partial charge in [-0.15, -0.1) is 0 Å². The van der Waals surface area contributed by atoms with E-state index in [0.717, 1.165) is 44.1 Å². The zero-order valence-electron chi connectivity index (χ0n) is 17.4. The Bertz CT molecular complexity index is 893. The third-order valence-corrected chi connectivity index (χ3v) is 5.52. The van der Waals surface area contributed by atoms with Crippen molar-refractivity contribution in [1.29, 1.82) is 0 Å². The number of aryl methyl sites for hydroxylation is 1. The van der Waals surface area contributed by atoms with Gasteiger partial charge in [0.25, 0.3) is 5.91 Å². The summed E-state index contributed by atoms with van der Waals surface area (Å²) in [5.41, 5.74) is 2.77. The van der Waals surface area contributed by atoms with Crippen LogP contribution >= 0.6 is 11.6 Å². The van der Waals surface area contributed by atoms with E-state index in [9.17, 15) is 9.59 Å². The Balaban J connectivity index is 1.50. The standard InChI is InChI=1S/C21H28ClN5O3/c1-15-20(16(2)27(25-15)14-17-5-3-4-6-18(17)22)21(29)24-13-19(28)23-7-8-26-9-11-30-12-10-26/h3-6H,7-14H2,1-2H3,(H,23,28)(H,24,29). The number of morpholine rings is 1. The van der Waals surface area contributed by atoms with Gasteiger partial charge in [-0.2, -0.15) is 5.10 Å². The molecule has 162 valence electrons. The summed E-state index contributed by atoms with van der Waals surface area (Å²) in [6.07, 6.45) is 0. The first-order valence-corrected chi connectivity index (χ1v) is 10.5. The molecule has 1 aliphatic heterocycles. The van der Waals surface area contributed by atoms with E-state index in [1.807, 2.05) is 31.2 Å². The Hall–Kier alpha value is -2.42. The van der Waals surface area contributed by atoms with Crippen LogP contribution in [-0.4, -0.2) is 72.4 Å². The molecular formula is C21H28ClN5O3. The minimum atomic E-state index is -0.307. The van der Waals surface area contributed by atoms with Crippen molar-refractivity contribution in [3.05, 3.63) is 51.8 Å². The summed E-state index contributed by atoms with van der Waals surface area (Å²) in [5.74, 6) is -0.519. The number of benzene rings is 1. The summed E-state index contributed by atoms with van der Waals surface area (Å²) in [6.45, 7) is 8.56. The average molecular weight is 434 g/mol. The number of hydrogen-bond donors (Lipinski definition) is 2. The molecule has 0 atom stereocenters. The van der Waals surface area contributed by atoms with Crippen LogP contribution in [0, 0.1) is 13.8 Å². The third kappa shape index (κ3) is 5.81. The summed E-state index contributed by atoms with van der Waals surface area (Å²) < 4.78 is 7.06. The van der Waals surface area contributed by atoms with Crippen LogP contribution in [0.4, 0.5) is 0 Å². The molecule has 2 heterocycles. The van der Waals surface area contributed by atoms with Crippen molar-refractivity contribution >= 4 is 23.4 Å². The van der Waals surface area contributed by atoms with Gasteiger partial charge >= 0.3 is 0 Å². The molecule has 0 aliphatic carbocycles. The Morgan fingerprint density at radius 2 is 1.90 bits per heavy atom. The van der Waals surface area contributed by atoms with Gasteiger partial charge in [0.2, 0.25) is 5.91 Å². The molecule has 8 nitrogen and oxygen atoms in total. The largest absolute Gasteiger partial charge is 0.379 e. The number of aromatic nitrogens is 2. The molecular weight excluding hydrogens is 406 g/mol. The molecule has 1 aliphatic rings. The topological polar surface area (TPSA) is 88.5 Å². The molecule has 3 rings (SSSR count). The lowest BCUT2D eigenvalue weighted by atomic mass is 10.1. The third-order valence-electron chi connectivity index (χ3n) is 5.15. The highest BCUT2D eigenvalue weighted by atomic mass is 35.5. The van der Waals surface area contributed by atoms with Crippen LogP contribution in [0.5, 0.6) is 0 Å². The Labute approximate surface area is 181 Å². The average Bonchev–Trinajstić information content (AvgIpc) is 3.02. The molecule has 0 radical (unpaired) electrons. The predicted octanol–water partition coefficient (Wildman–Crippen LogP) is 1.38. The second-order valence-electron chi connectivity index (χ2n) is 7.28. The van der Waals surface area contributed by atoms with Crippen molar-refractivity contribution in [2.24, 2.45) is 0 Å². The van der Waals surface area contributed by atoms with E-state index >= 15 is 0 Å². The van der Waals surface area contributed by atoms with Crippen molar-refractivity contribution < 1.29 is 14.3 Å². The summed E-state index contributed by atoms with van der Waals surface area (Å²) in [7, 11) is 0. The summed E-state index contributed by atoms with van der Waals surface area (Å²) >= 11 is 6.24. The smallest absolute Gasteiger partial charge is 0.255 e. The SMILES string of the molecule is Cc1nn(Cc2ccccc2Cl)c(C)c1C(=O)NCC(=O)NCCN1CCOCC1. The Morgan fingerprint density at radius 1 is 1.17 bits per heavy atom. The Morgan fingerprint density at radius 3 is 2.63 bits per heavy atom. The number of nitrogens with zero attached hydrogens (tertiary/aromatic N) is 3. The van der Waals surface area contributed by atoms with Gasteiger partial charge in [-0.3, -0.25) is 19.2 Å². The lowest BCUT2D eigenvalue weighted by Crippen LogP contribution is -2.43. The van der Waals surface area contributed by atoms with Gasteiger partial charge in [0, 0.05) is 36.9 Å². The van der Waals surface area contributed by atoms with Crippen LogP contribution in [0.15, 0.2) is 24.3 Å². The number of ether oxygens (including phenoxy) is 1. The second-order valence-corrected chi connectivity index (χ2v) is 7.69. The molecule has 1 fully saturated rings. The molecule has 1 aromatic carbocycles. The lowest BCUT2D eigenvalue weighted by molar-refractivity contribution is -0.120. The first kappa shape index (κ1) is 22.3. The van der Waals surface area contributed by atoms with E-state index in [2.05, 4.69) is 20.6 Å². The van der Waals surface area contributed by atoms with Crippen molar-refractivity contribution in [2.75, 3.05) is 45.9 Å². The normalized spacial score (nSPS) is 14.5. The Kier molecular flexibility index (Phi) is 7.84. The van der Waals surface area contributed by atoms with E-state index in [1.54, 1.807) is 11.6 Å². The van der Waals surface area contributed by atoms with Crippen molar-refractivity contribution in [3.8, 4) is 0 Å². The maximum absolute atomic E-state index is 12.7. The number of carbonyl (C=O) groups is 2. The van der Waals surface area contributed by atoms with E-state index < -0.39 is 0 Å². The van der Waals surface area contributed by atoms with E-state index in [4.69, 9.17) is 16.3 Å². The van der Waals surface area contributed by atoms with E-state index in [-0.39, 0.29) is 18.4 Å². The van der Waals surface area contributed by atoms with Crippen LogP contribution in [0.3, 0.4) is 0 Å². The van der Waals surface area contributed by atoms with Gasteiger partial charge in [0.15, 0.2) is 0 Å². The minimum Gasteiger partial charge on any atom is -0.379 e. The molecule has 2 N–H and O–H groups in total. The zero-order chi connectivity index (χ0) is 21.5. The molecule has 2 aromatic rings. The quantitative estimate of drug-likeness (QED) is 0.656. The lowest BCUT2D eigenvalue weighted by Gasteiger charge is -2.26. The van der Waals surface area contributed by atoms with Crippen LogP contribution in [0.2, 0.25) is 5.02 Å². The molecule has 0 bridgehead atoms. The number of rotatable bonds is 8. The first-order valence-electron chi connectivity index (χ1n) is 10.1. The van der Waals surface area contributed by atoms with Crippen molar-refractivity contribution in [3.63, 3.8) is 0 Å². The van der Waals surface area contributed by atoms with Gasteiger partial charge in [0.1, 0.15) is 0 Å². The fourth-order valence-electron chi connectivity index (χ4n) is 3.46. The zero-order valence-corrected chi connectivity index (χ0v) is 18.2. The molecule has 9 heteroatoms. The van der Waals surface area contributed by atoms with Gasteiger partial charge < -0.3 is 15.4 Å². The number of hydrogen-bond acceptors (Lipinski definition) is 5. The van der Waals surface area contributed by atoms with Crippen molar-refractivity contribution in [2.45, 2.75) is 20.4 Å². The molecule has 0 saturated carbocycles. The molecule has 0 spiro atoms. The van der Waals surface area contributed by atoms with Crippen LogP contribution < -0.4 is 10.6 Å². The molecule has 0 unspecified atom stereocenters. The maximum atomic E-state index is 12.7. The highest BCUT2D eigenvalue weighted by Crippen LogP contribution is 2.19. The highest BCUT2D eigenvalue weighted by Gasteiger charge is 2.19. The number of halogens is 1. The summed E-state index contributed by atoms with van der Waals surface area (Å²) in [6, 6.07) is 7.55. The number of nitrogens with one attached hydrogen (secondary N) is 2. The van der Waals surface area contributed by atoms with Crippen LogP contribution in [-0.2, 0) is 16.1 Å². The van der Waals surface area contributed by atoms with Gasteiger partial charge in [-0.05, 0) is 25.5 Å². The predicted molar refractivity (Wildman–Crippen MR) is 115 cm³/mol. The highest BCUT2D eigenvalue weighted by molar-refractivity contribution is 6.31. The van der Waals surface area contributed by atoms with E-state index in [1.165, 1.54) is 0 Å². The molecule has 1 aromatic heterocycles.